The Labute approximate surface area is 161 Å². The molecule has 6 heteroatoms. The lowest BCUT2D eigenvalue weighted by Crippen LogP contribution is -2.14. The maximum absolute atomic E-state index is 12.3. The number of rotatable bonds is 5. The van der Waals surface area contributed by atoms with Crippen molar-refractivity contribution in [1.82, 2.24) is 0 Å². The lowest BCUT2D eigenvalue weighted by Gasteiger charge is -2.08. The summed E-state index contributed by atoms with van der Waals surface area (Å²) in [6, 6.07) is 20.3. The molecule has 5 nitrogen and oxygen atoms in total. The Morgan fingerprint density at radius 1 is 0.778 bits per heavy atom. The summed E-state index contributed by atoms with van der Waals surface area (Å²) in [5.41, 5.74) is 2.15. The van der Waals surface area contributed by atoms with Crippen LogP contribution in [0.25, 0.3) is 0 Å². The molecule has 0 radical (unpaired) electrons. The van der Waals surface area contributed by atoms with Gasteiger partial charge in [-0.05, 0) is 66.7 Å². The fraction of sp³-hybridized carbons (Fsp3) is 0.0476. The minimum atomic E-state index is -0.278. The van der Waals surface area contributed by atoms with Gasteiger partial charge in [0.15, 0.2) is 0 Å². The Hall–Kier alpha value is -3.31. The zero-order valence-corrected chi connectivity index (χ0v) is 15.3. The second kappa shape index (κ2) is 8.38. The molecule has 0 fully saturated rings. The third-order valence-corrected chi connectivity index (χ3v) is 4.07. The molecule has 3 rings (SSSR count). The standard InChI is InChI=1S/C21H17ClN2O3/c1-27-19-11-9-17(10-12-19)23-20(25)14-5-7-15(8-6-14)21(26)24-18-4-2-3-16(22)13-18/h2-13H,1H3,(H,23,25)(H,24,26). The molecule has 0 saturated carbocycles. The van der Waals surface area contributed by atoms with Gasteiger partial charge in [0.2, 0.25) is 0 Å². The van der Waals surface area contributed by atoms with Gasteiger partial charge >= 0.3 is 0 Å². The van der Waals surface area contributed by atoms with Gasteiger partial charge in [-0.15, -0.1) is 0 Å². The first-order chi connectivity index (χ1) is 13.0. The van der Waals surface area contributed by atoms with Gasteiger partial charge in [0, 0.05) is 27.5 Å². The highest BCUT2D eigenvalue weighted by molar-refractivity contribution is 6.31. The maximum atomic E-state index is 12.3. The van der Waals surface area contributed by atoms with Crippen LogP contribution in [0.3, 0.4) is 0 Å². The Kier molecular flexibility index (Phi) is 5.74. The summed E-state index contributed by atoms with van der Waals surface area (Å²) in [6.45, 7) is 0. The smallest absolute Gasteiger partial charge is 0.255 e. The quantitative estimate of drug-likeness (QED) is 0.664. The molecule has 136 valence electrons. The van der Waals surface area contributed by atoms with Gasteiger partial charge in [0.1, 0.15) is 5.75 Å². The average molecular weight is 381 g/mol. The van der Waals surface area contributed by atoms with Crippen LogP contribution in [0, 0.1) is 0 Å². The van der Waals surface area contributed by atoms with Crippen molar-refractivity contribution >= 4 is 34.8 Å². The van der Waals surface area contributed by atoms with Crippen molar-refractivity contribution in [3.05, 3.63) is 88.9 Å². The van der Waals surface area contributed by atoms with E-state index in [2.05, 4.69) is 10.6 Å². The predicted octanol–water partition coefficient (Wildman–Crippen LogP) is 4.85. The fourth-order valence-corrected chi connectivity index (χ4v) is 2.61. The Morgan fingerprint density at radius 2 is 1.33 bits per heavy atom. The molecule has 3 aromatic carbocycles. The van der Waals surface area contributed by atoms with Gasteiger partial charge in [-0.1, -0.05) is 17.7 Å². The van der Waals surface area contributed by atoms with E-state index in [0.29, 0.717) is 33.3 Å². The highest BCUT2D eigenvalue weighted by Gasteiger charge is 2.10. The zero-order chi connectivity index (χ0) is 19.2. The van der Waals surface area contributed by atoms with Crippen LogP contribution in [0.2, 0.25) is 5.02 Å². The number of hydrogen-bond acceptors (Lipinski definition) is 3. The first-order valence-electron chi connectivity index (χ1n) is 8.17. The molecule has 0 aliphatic rings. The van der Waals surface area contributed by atoms with E-state index in [1.165, 1.54) is 0 Å². The Balaban J connectivity index is 1.65. The minimum Gasteiger partial charge on any atom is -0.497 e. The van der Waals surface area contributed by atoms with Crippen molar-refractivity contribution in [3.8, 4) is 5.75 Å². The number of carbonyl (C=O) groups is 2. The number of anilines is 2. The zero-order valence-electron chi connectivity index (χ0n) is 14.5. The molecule has 0 unspecified atom stereocenters. The summed E-state index contributed by atoms with van der Waals surface area (Å²) in [6.07, 6.45) is 0. The third kappa shape index (κ3) is 4.86. The molecular formula is C21H17ClN2O3. The highest BCUT2D eigenvalue weighted by atomic mass is 35.5. The predicted molar refractivity (Wildman–Crippen MR) is 107 cm³/mol. The summed E-state index contributed by atoms with van der Waals surface area (Å²) in [4.78, 5) is 24.6. The number of halogens is 1. The first kappa shape index (κ1) is 18.5. The normalized spacial score (nSPS) is 10.1. The van der Waals surface area contributed by atoms with Crippen LogP contribution in [0.15, 0.2) is 72.8 Å². The van der Waals surface area contributed by atoms with Crippen LogP contribution < -0.4 is 15.4 Å². The van der Waals surface area contributed by atoms with Gasteiger partial charge in [0.05, 0.1) is 7.11 Å². The molecule has 0 bridgehead atoms. The van der Waals surface area contributed by atoms with Gasteiger partial charge in [-0.2, -0.15) is 0 Å². The van der Waals surface area contributed by atoms with Crippen molar-refractivity contribution in [2.24, 2.45) is 0 Å². The number of methoxy groups -OCH3 is 1. The summed E-state index contributed by atoms with van der Waals surface area (Å²) >= 11 is 5.91. The van der Waals surface area contributed by atoms with E-state index >= 15 is 0 Å². The number of carbonyl (C=O) groups excluding carboxylic acids is 2. The summed E-state index contributed by atoms with van der Waals surface area (Å²) in [7, 11) is 1.58. The second-order valence-corrected chi connectivity index (χ2v) is 6.16. The van der Waals surface area contributed by atoms with Gasteiger partial charge in [0.25, 0.3) is 11.8 Å². The van der Waals surface area contributed by atoms with Crippen LogP contribution in [0.1, 0.15) is 20.7 Å². The monoisotopic (exact) mass is 380 g/mol. The van der Waals surface area contributed by atoms with Gasteiger partial charge in [-0.25, -0.2) is 0 Å². The van der Waals surface area contributed by atoms with E-state index in [1.807, 2.05) is 0 Å². The number of amides is 2. The molecule has 3 aromatic rings. The number of benzene rings is 3. The van der Waals surface area contributed by atoms with Crippen molar-refractivity contribution in [3.63, 3.8) is 0 Å². The van der Waals surface area contributed by atoms with E-state index < -0.39 is 0 Å². The Morgan fingerprint density at radius 3 is 1.85 bits per heavy atom. The largest absolute Gasteiger partial charge is 0.497 e. The molecule has 0 aliphatic carbocycles. The van der Waals surface area contributed by atoms with E-state index in [4.69, 9.17) is 16.3 Å². The molecule has 0 aliphatic heterocycles. The van der Waals surface area contributed by atoms with E-state index in [1.54, 1.807) is 79.9 Å². The molecule has 27 heavy (non-hydrogen) atoms. The summed E-state index contributed by atoms with van der Waals surface area (Å²) < 4.78 is 5.09. The van der Waals surface area contributed by atoms with Crippen molar-refractivity contribution in [1.29, 1.82) is 0 Å². The highest BCUT2D eigenvalue weighted by Crippen LogP contribution is 2.18. The number of hydrogen-bond donors (Lipinski definition) is 2. The summed E-state index contributed by atoms with van der Waals surface area (Å²) in [5.74, 6) is 0.171. The molecule has 0 saturated heterocycles. The number of nitrogens with one attached hydrogen (secondary N) is 2. The van der Waals surface area contributed by atoms with Crippen LogP contribution in [-0.4, -0.2) is 18.9 Å². The third-order valence-electron chi connectivity index (χ3n) is 3.84. The maximum Gasteiger partial charge on any atom is 0.255 e. The van der Waals surface area contributed by atoms with Crippen LogP contribution in [0.4, 0.5) is 11.4 Å². The van der Waals surface area contributed by atoms with Crippen molar-refractivity contribution < 1.29 is 14.3 Å². The molecular weight excluding hydrogens is 364 g/mol. The molecule has 2 amide bonds. The van der Waals surface area contributed by atoms with E-state index in [9.17, 15) is 9.59 Å². The summed E-state index contributed by atoms with van der Waals surface area (Å²) in [5, 5.41) is 6.10. The van der Waals surface area contributed by atoms with Gasteiger partial charge in [-0.3, -0.25) is 9.59 Å². The van der Waals surface area contributed by atoms with Crippen molar-refractivity contribution in [2.75, 3.05) is 17.7 Å². The number of ether oxygens (including phenoxy) is 1. The molecule has 0 heterocycles. The molecule has 0 atom stereocenters. The topological polar surface area (TPSA) is 67.4 Å². The van der Waals surface area contributed by atoms with E-state index in [-0.39, 0.29) is 11.8 Å². The van der Waals surface area contributed by atoms with Crippen LogP contribution in [-0.2, 0) is 0 Å². The lowest BCUT2D eigenvalue weighted by atomic mass is 10.1. The molecule has 0 aromatic heterocycles. The lowest BCUT2D eigenvalue weighted by molar-refractivity contribution is 0.101. The van der Waals surface area contributed by atoms with Crippen molar-refractivity contribution in [2.45, 2.75) is 0 Å². The second-order valence-electron chi connectivity index (χ2n) is 5.72. The van der Waals surface area contributed by atoms with Gasteiger partial charge < -0.3 is 15.4 Å². The Bertz CT molecular complexity index is 954. The first-order valence-corrected chi connectivity index (χ1v) is 8.55. The molecule has 0 spiro atoms. The minimum absolute atomic E-state index is 0.262. The molecule has 2 N–H and O–H groups in total. The van der Waals surface area contributed by atoms with E-state index in [0.717, 1.165) is 0 Å². The average Bonchev–Trinajstić information content (AvgIpc) is 2.68. The SMILES string of the molecule is COc1ccc(NC(=O)c2ccc(C(=O)Nc3cccc(Cl)c3)cc2)cc1. The van der Waals surface area contributed by atoms with Crippen LogP contribution in [0.5, 0.6) is 5.75 Å². The van der Waals surface area contributed by atoms with Crippen LogP contribution >= 0.6 is 11.6 Å². The fourth-order valence-electron chi connectivity index (χ4n) is 2.42.